The third-order valence-corrected chi connectivity index (χ3v) is 4.73. The molecule has 1 aliphatic heterocycles. The van der Waals surface area contributed by atoms with Gasteiger partial charge in [0.1, 0.15) is 0 Å². The van der Waals surface area contributed by atoms with Crippen LogP contribution < -0.4 is 11.1 Å². The molecule has 0 saturated heterocycles. The summed E-state index contributed by atoms with van der Waals surface area (Å²) in [5.74, 6) is 0. The lowest BCUT2D eigenvalue weighted by molar-refractivity contribution is 0.414. The van der Waals surface area contributed by atoms with Gasteiger partial charge in [-0.3, -0.25) is 9.59 Å². The third kappa shape index (κ3) is 2.14. The molecular formula is C18H22N2O2. The molecule has 0 saturated carbocycles. The maximum absolute atomic E-state index is 12.5. The molecule has 0 radical (unpaired) electrons. The fourth-order valence-corrected chi connectivity index (χ4v) is 3.38. The number of rotatable bonds is 4. The summed E-state index contributed by atoms with van der Waals surface area (Å²) in [5.41, 5.74) is 2.18. The Morgan fingerprint density at radius 1 is 1.27 bits per heavy atom. The van der Waals surface area contributed by atoms with Crippen molar-refractivity contribution >= 4 is 11.0 Å². The van der Waals surface area contributed by atoms with Gasteiger partial charge in [-0.25, -0.2) is 0 Å². The summed E-state index contributed by atoms with van der Waals surface area (Å²) in [7, 11) is 0. The van der Waals surface area contributed by atoms with Crippen LogP contribution >= 0.6 is 0 Å². The van der Waals surface area contributed by atoms with Gasteiger partial charge in [0.25, 0.3) is 0 Å². The highest BCUT2D eigenvalue weighted by molar-refractivity contribution is 5.80. The van der Waals surface area contributed by atoms with Crippen LogP contribution in [0.15, 0.2) is 40.4 Å². The first-order valence-corrected chi connectivity index (χ1v) is 7.85. The lowest BCUT2D eigenvalue weighted by atomic mass is 9.78. The van der Waals surface area contributed by atoms with Gasteiger partial charge < -0.3 is 9.13 Å². The van der Waals surface area contributed by atoms with E-state index < -0.39 is 11.1 Å². The highest BCUT2D eigenvalue weighted by atomic mass is 16.2. The molecule has 22 heavy (non-hydrogen) atoms. The summed E-state index contributed by atoms with van der Waals surface area (Å²) in [6.07, 6.45) is 4.36. The molecule has 4 nitrogen and oxygen atoms in total. The molecule has 2 heterocycles. The molecule has 0 amide bonds. The number of para-hydroxylation sites is 1. The van der Waals surface area contributed by atoms with E-state index in [9.17, 15) is 9.59 Å². The molecule has 1 aromatic carbocycles. The van der Waals surface area contributed by atoms with E-state index in [4.69, 9.17) is 0 Å². The molecule has 2 aromatic rings. The van der Waals surface area contributed by atoms with Gasteiger partial charge in [0.15, 0.2) is 0 Å². The van der Waals surface area contributed by atoms with Gasteiger partial charge in [0.2, 0.25) is 0 Å². The van der Waals surface area contributed by atoms with Crippen molar-refractivity contribution < 1.29 is 0 Å². The Morgan fingerprint density at radius 3 is 2.77 bits per heavy atom. The van der Waals surface area contributed by atoms with Gasteiger partial charge in [-0.2, -0.15) is 0 Å². The van der Waals surface area contributed by atoms with Crippen LogP contribution in [-0.2, 0) is 18.5 Å². The van der Waals surface area contributed by atoms with E-state index in [0.717, 1.165) is 35.9 Å². The number of aryl methyl sites for hydroxylation is 2. The normalized spacial score (nSPS) is 15.9. The molecule has 0 fully saturated rings. The Hall–Kier alpha value is -2.10. The van der Waals surface area contributed by atoms with Crippen molar-refractivity contribution in [3.05, 3.63) is 57.1 Å². The average Bonchev–Trinajstić information content (AvgIpc) is 2.49. The van der Waals surface area contributed by atoms with Crippen molar-refractivity contribution in [1.82, 2.24) is 9.13 Å². The molecular weight excluding hydrogens is 276 g/mol. The summed E-state index contributed by atoms with van der Waals surface area (Å²) in [5, 5.41) is 0. The highest BCUT2D eigenvalue weighted by Gasteiger charge is 2.30. The highest BCUT2D eigenvalue weighted by Crippen LogP contribution is 2.36. The van der Waals surface area contributed by atoms with Crippen LogP contribution in [0.3, 0.4) is 0 Å². The van der Waals surface area contributed by atoms with Gasteiger partial charge in [0, 0.05) is 13.1 Å². The maximum atomic E-state index is 12.5. The van der Waals surface area contributed by atoms with Crippen molar-refractivity contribution in [3.63, 3.8) is 0 Å². The van der Waals surface area contributed by atoms with Crippen LogP contribution in [-0.4, -0.2) is 9.13 Å². The number of benzene rings is 1. The van der Waals surface area contributed by atoms with Crippen molar-refractivity contribution in [2.75, 3.05) is 0 Å². The van der Waals surface area contributed by atoms with Gasteiger partial charge in [0.05, 0.1) is 11.0 Å². The van der Waals surface area contributed by atoms with Crippen LogP contribution in [0, 0.1) is 0 Å². The zero-order valence-electron chi connectivity index (χ0n) is 13.3. The first-order valence-electron chi connectivity index (χ1n) is 7.85. The number of nitrogens with zero attached hydrogens (tertiary/aromatic N) is 2. The molecule has 4 heteroatoms. The zero-order valence-corrected chi connectivity index (χ0v) is 13.3. The number of unbranched alkanes of at least 4 members (excludes halogenated alkanes) is 1. The van der Waals surface area contributed by atoms with Gasteiger partial charge in [-0.15, -0.1) is 6.58 Å². The summed E-state index contributed by atoms with van der Waals surface area (Å²) >= 11 is 0. The van der Waals surface area contributed by atoms with Gasteiger partial charge in [-0.05, 0) is 36.3 Å². The second-order valence-corrected chi connectivity index (χ2v) is 6.65. The third-order valence-electron chi connectivity index (χ3n) is 4.73. The quantitative estimate of drug-likeness (QED) is 0.495. The number of hydrogen-bond acceptors (Lipinski definition) is 2. The predicted octanol–water partition coefficient (Wildman–Crippen LogP) is 2.81. The van der Waals surface area contributed by atoms with E-state index in [1.807, 2.05) is 18.2 Å². The topological polar surface area (TPSA) is 44.0 Å². The lowest BCUT2D eigenvalue weighted by Crippen LogP contribution is -2.44. The predicted molar refractivity (Wildman–Crippen MR) is 89.5 cm³/mol. The summed E-state index contributed by atoms with van der Waals surface area (Å²) in [6.45, 7) is 9.28. The molecule has 1 aliphatic rings. The Morgan fingerprint density at radius 2 is 2.05 bits per heavy atom. The second-order valence-electron chi connectivity index (χ2n) is 6.65. The smallest absolute Gasteiger partial charge is 0.302 e. The molecule has 0 bridgehead atoms. The van der Waals surface area contributed by atoms with E-state index >= 15 is 0 Å². The minimum Gasteiger partial charge on any atom is -0.302 e. The Bertz CT molecular complexity index is 856. The molecule has 1 aromatic heterocycles. The number of hydrogen-bond donors (Lipinski definition) is 0. The average molecular weight is 298 g/mol. The van der Waals surface area contributed by atoms with Crippen LogP contribution in [0.4, 0.5) is 0 Å². The van der Waals surface area contributed by atoms with E-state index in [1.54, 1.807) is 9.13 Å². The first kappa shape index (κ1) is 14.8. The molecule has 0 aliphatic carbocycles. The fourth-order valence-electron chi connectivity index (χ4n) is 3.38. The SMILES string of the molecule is C=CCCCn1c(=O)c(=O)n2c3c(cccc31)C(C)(C)CC2. The minimum absolute atomic E-state index is 0.0231. The van der Waals surface area contributed by atoms with E-state index in [0.29, 0.717) is 13.1 Å². The van der Waals surface area contributed by atoms with Crippen LogP contribution in [0.25, 0.3) is 11.0 Å². The van der Waals surface area contributed by atoms with Crippen LogP contribution in [0.1, 0.15) is 38.7 Å². The fraction of sp³-hybridized carbons (Fsp3) is 0.444. The minimum atomic E-state index is -0.409. The maximum Gasteiger partial charge on any atom is 0.316 e. The second kappa shape index (κ2) is 5.27. The number of aromatic nitrogens is 2. The summed E-state index contributed by atoms with van der Waals surface area (Å²) in [6, 6.07) is 6.02. The summed E-state index contributed by atoms with van der Waals surface area (Å²) in [4.78, 5) is 24.9. The molecule has 3 rings (SSSR count). The molecule has 0 unspecified atom stereocenters. The molecule has 0 atom stereocenters. The first-order chi connectivity index (χ1) is 10.5. The van der Waals surface area contributed by atoms with Gasteiger partial charge in [-0.1, -0.05) is 32.1 Å². The van der Waals surface area contributed by atoms with E-state index in [2.05, 4.69) is 26.5 Å². The summed E-state index contributed by atoms with van der Waals surface area (Å²) < 4.78 is 3.31. The van der Waals surface area contributed by atoms with E-state index in [-0.39, 0.29) is 5.41 Å². The monoisotopic (exact) mass is 298 g/mol. The van der Waals surface area contributed by atoms with Crippen molar-refractivity contribution in [2.24, 2.45) is 0 Å². The largest absolute Gasteiger partial charge is 0.316 e. The van der Waals surface area contributed by atoms with Crippen LogP contribution in [0.2, 0.25) is 0 Å². The standard InChI is InChI=1S/C18H22N2O2/c1-4-5-6-11-19-14-9-7-8-13-15(14)20(17(22)16(19)21)12-10-18(13,2)3/h4,7-9H,1,5-6,10-12H2,2-3H3. The zero-order chi connectivity index (χ0) is 15.9. The Labute approximate surface area is 129 Å². The van der Waals surface area contributed by atoms with Crippen LogP contribution in [0.5, 0.6) is 0 Å². The Balaban J connectivity index is 2.33. The Kier molecular flexibility index (Phi) is 3.55. The molecule has 0 N–H and O–H groups in total. The number of allylic oxidation sites excluding steroid dienone is 1. The van der Waals surface area contributed by atoms with Gasteiger partial charge >= 0.3 is 11.1 Å². The van der Waals surface area contributed by atoms with Crippen molar-refractivity contribution in [1.29, 1.82) is 0 Å². The van der Waals surface area contributed by atoms with E-state index in [1.165, 1.54) is 0 Å². The molecule has 116 valence electrons. The van der Waals surface area contributed by atoms with Crippen molar-refractivity contribution in [3.8, 4) is 0 Å². The van der Waals surface area contributed by atoms with Crippen molar-refractivity contribution in [2.45, 2.75) is 51.6 Å². The molecule has 0 spiro atoms. The lowest BCUT2D eigenvalue weighted by Gasteiger charge is -2.33.